The SMILES string of the molecule is Cc1ccc2nc(C(C)Cl)n(Cc3ccnc(C)n3)c2c1. The van der Waals surface area contributed by atoms with Crippen molar-refractivity contribution >= 4 is 22.6 Å². The van der Waals surface area contributed by atoms with Gasteiger partial charge in [0.1, 0.15) is 11.6 Å². The quantitative estimate of drug-likeness (QED) is 0.691. The van der Waals surface area contributed by atoms with Crippen LogP contribution in [-0.4, -0.2) is 19.5 Å². The Morgan fingerprint density at radius 1 is 1.19 bits per heavy atom. The fraction of sp³-hybridized carbons (Fsp3) is 0.312. The summed E-state index contributed by atoms with van der Waals surface area (Å²) in [6, 6.07) is 8.17. The molecule has 0 N–H and O–H groups in total. The van der Waals surface area contributed by atoms with Gasteiger partial charge in [0.05, 0.1) is 28.6 Å². The van der Waals surface area contributed by atoms with Crippen molar-refractivity contribution in [2.24, 2.45) is 0 Å². The fourth-order valence-electron chi connectivity index (χ4n) is 2.48. The first-order valence-corrected chi connectivity index (χ1v) is 7.37. The van der Waals surface area contributed by atoms with Gasteiger partial charge in [0.25, 0.3) is 0 Å². The Morgan fingerprint density at radius 2 is 2.00 bits per heavy atom. The molecule has 0 amide bonds. The van der Waals surface area contributed by atoms with Crippen molar-refractivity contribution in [1.82, 2.24) is 19.5 Å². The monoisotopic (exact) mass is 300 g/mol. The number of hydrogen-bond donors (Lipinski definition) is 0. The lowest BCUT2D eigenvalue weighted by atomic mass is 10.2. The summed E-state index contributed by atoms with van der Waals surface area (Å²) in [5, 5.41) is -0.152. The van der Waals surface area contributed by atoms with Crippen molar-refractivity contribution in [3.8, 4) is 0 Å². The van der Waals surface area contributed by atoms with Crippen LogP contribution in [0, 0.1) is 13.8 Å². The summed E-state index contributed by atoms with van der Waals surface area (Å²) >= 11 is 6.30. The number of imidazole rings is 1. The predicted molar refractivity (Wildman–Crippen MR) is 84.6 cm³/mol. The summed E-state index contributed by atoms with van der Waals surface area (Å²) in [7, 11) is 0. The molecule has 0 spiro atoms. The molecule has 0 bridgehead atoms. The van der Waals surface area contributed by atoms with Gasteiger partial charge in [-0.2, -0.15) is 0 Å². The molecule has 3 aromatic rings. The van der Waals surface area contributed by atoms with E-state index in [2.05, 4.69) is 38.6 Å². The Kier molecular flexibility index (Phi) is 3.64. The van der Waals surface area contributed by atoms with E-state index in [1.807, 2.05) is 26.0 Å². The molecule has 2 aromatic heterocycles. The lowest BCUT2D eigenvalue weighted by molar-refractivity contribution is 0.721. The molecule has 2 heterocycles. The molecule has 0 fully saturated rings. The Morgan fingerprint density at radius 3 is 2.71 bits per heavy atom. The number of hydrogen-bond acceptors (Lipinski definition) is 3. The smallest absolute Gasteiger partial charge is 0.128 e. The minimum Gasteiger partial charge on any atom is -0.321 e. The van der Waals surface area contributed by atoms with Crippen molar-refractivity contribution in [3.63, 3.8) is 0 Å². The molecule has 3 rings (SSSR count). The molecule has 108 valence electrons. The van der Waals surface area contributed by atoms with E-state index in [9.17, 15) is 0 Å². The molecule has 0 aliphatic heterocycles. The topological polar surface area (TPSA) is 43.6 Å². The van der Waals surface area contributed by atoms with Crippen molar-refractivity contribution in [1.29, 1.82) is 0 Å². The van der Waals surface area contributed by atoms with Crippen LogP contribution in [0.25, 0.3) is 11.0 Å². The van der Waals surface area contributed by atoms with Gasteiger partial charge in [-0.3, -0.25) is 0 Å². The largest absolute Gasteiger partial charge is 0.321 e. The van der Waals surface area contributed by atoms with Crippen LogP contribution in [0.3, 0.4) is 0 Å². The van der Waals surface area contributed by atoms with Crippen molar-refractivity contribution in [2.45, 2.75) is 32.7 Å². The van der Waals surface area contributed by atoms with Gasteiger partial charge in [0.15, 0.2) is 0 Å². The van der Waals surface area contributed by atoms with Crippen LogP contribution in [0.5, 0.6) is 0 Å². The molecule has 0 aliphatic rings. The van der Waals surface area contributed by atoms with Gasteiger partial charge in [-0.15, -0.1) is 11.6 Å². The van der Waals surface area contributed by atoms with E-state index in [1.165, 1.54) is 5.56 Å². The number of benzene rings is 1. The lowest BCUT2D eigenvalue weighted by Gasteiger charge is -2.10. The number of nitrogens with zero attached hydrogens (tertiary/aromatic N) is 4. The minimum absolute atomic E-state index is 0.152. The number of halogens is 1. The van der Waals surface area contributed by atoms with Gasteiger partial charge in [-0.05, 0) is 44.5 Å². The third-order valence-electron chi connectivity index (χ3n) is 3.44. The molecule has 21 heavy (non-hydrogen) atoms. The van der Waals surface area contributed by atoms with Crippen LogP contribution >= 0.6 is 11.6 Å². The van der Waals surface area contributed by atoms with E-state index in [0.717, 1.165) is 28.4 Å². The molecule has 0 saturated heterocycles. The van der Waals surface area contributed by atoms with Gasteiger partial charge < -0.3 is 4.57 Å². The first-order valence-electron chi connectivity index (χ1n) is 6.94. The average molecular weight is 301 g/mol. The van der Waals surface area contributed by atoms with Crippen LogP contribution in [0.2, 0.25) is 0 Å². The number of fused-ring (bicyclic) bond motifs is 1. The molecule has 1 unspecified atom stereocenters. The van der Waals surface area contributed by atoms with Crippen molar-refractivity contribution < 1.29 is 0 Å². The first-order chi connectivity index (χ1) is 10.0. The van der Waals surface area contributed by atoms with E-state index in [4.69, 9.17) is 11.6 Å². The molecule has 4 nitrogen and oxygen atoms in total. The van der Waals surface area contributed by atoms with Crippen LogP contribution in [0.4, 0.5) is 0 Å². The fourth-order valence-corrected chi connectivity index (χ4v) is 2.64. The van der Waals surface area contributed by atoms with Crippen LogP contribution < -0.4 is 0 Å². The Bertz CT molecular complexity index is 792. The van der Waals surface area contributed by atoms with Gasteiger partial charge in [-0.1, -0.05) is 6.07 Å². The summed E-state index contributed by atoms with van der Waals surface area (Å²) in [6.07, 6.45) is 1.78. The highest BCUT2D eigenvalue weighted by atomic mass is 35.5. The molecule has 1 atom stereocenters. The number of alkyl halides is 1. The first kappa shape index (κ1) is 14.0. The number of aryl methyl sites for hydroxylation is 2. The van der Waals surface area contributed by atoms with E-state index in [0.29, 0.717) is 6.54 Å². The normalized spacial score (nSPS) is 12.8. The zero-order valence-corrected chi connectivity index (χ0v) is 13.1. The second-order valence-corrected chi connectivity index (χ2v) is 5.91. The van der Waals surface area contributed by atoms with Crippen LogP contribution in [0.1, 0.15) is 35.2 Å². The van der Waals surface area contributed by atoms with Crippen molar-refractivity contribution in [2.75, 3.05) is 0 Å². The standard InChI is InChI=1S/C16H17ClN4/c1-10-4-5-14-15(8-10)21(16(20-14)11(2)17)9-13-6-7-18-12(3)19-13/h4-8,11H,9H2,1-3H3. The summed E-state index contributed by atoms with van der Waals surface area (Å²) in [5.41, 5.74) is 4.22. The van der Waals surface area contributed by atoms with Gasteiger partial charge in [-0.25, -0.2) is 15.0 Å². The number of aromatic nitrogens is 4. The third kappa shape index (κ3) is 2.76. The maximum Gasteiger partial charge on any atom is 0.128 e. The third-order valence-corrected chi connectivity index (χ3v) is 3.64. The van der Waals surface area contributed by atoms with Gasteiger partial charge in [0, 0.05) is 6.20 Å². The highest BCUT2D eigenvalue weighted by molar-refractivity contribution is 6.20. The maximum atomic E-state index is 6.30. The van der Waals surface area contributed by atoms with Crippen LogP contribution in [-0.2, 0) is 6.54 Å². The van der Waals surface area contributed by atoms with Gasteiger partial charge >= 0.3 is 0 Å². The molecule has 0 saturated carbocycles. The zero-order valence-electron chi connectivity index (χ0n) is 12.3. The molecule has 0 radical (unpaired) electrons. The van der Waals surface area contributed by atoms with E-state index in [1.54, 1.807) is 6.20 Å². The van der Waals surface area contributed by atoms with E-state index < -0.39 is 0 Å². The average Bonchev–Trinajstić information content (AvgIpc) is 2.77. The maximum absolute atomic E-state index is 6.30. The predicted octanol–water partition coefficient (Wildman–Crippen LogP) is 3.79. The second kappa shape index (κ2) is 5.45. The highest BCUT2D eigenvalue weighted by Crippen LogP contribution is 2.26. The van der Waals surface area contributed by atoms with Crippen molar-refractivity contribution in [3.05, 3.63) is 53.4 Å². The van der Waals surface area contributed by atoms with E-state index in [-0.39, 0.29) is 5.38 Å². The second-order valence-electron chi connectivity index (χ2n) is 5.26. The minimum atomic E-state index is -0.152. The Balaban J connectivity index is 2.14. The lowest BCUT2D eigenvalue weighted by Crippen LogP contribution is -2.08. The Labute approximate surface area is 128 Å². The number of rotatable bonds is 3. The summed E-state index contributed by atoms with van der Waals surface area (Å²) in [6.45, 7) is 6.56. The summed E-state index contributed by atoms with van der Waals surface area (Å²) in [4.78, 5) is 13.3. The van der Waals surface area contributed by atoms with E-state index >= 15 is 0 Å². The Hall–Kier alpha value is -1.94. The molecule has 5 heteroatoms. The van der Waals surface area contributed by atoms with Gasteiger partial charge in [0.2, 0.25) is 0 Å². The molecular weight excluding hydrogens is 284 g/mol. The summed E-state index contributed by atoms with van der Waals surface area (Å²) in [5.74, 6) is 1.64. The summed E-state index contributed by atoms with van der Waals surface area (Å²) < 4.78 is 2.14. The zero-order chi connectivity index (χ0) is 15.0. The molecule has 1 aromatic carbocycles. The molecular formula is C16H17ClN4. The highest BCUT2D eigenvalue weighted by Gasteiger charge is 2.15. The molecule has 0 aliphatic carbocycles. The van der Waals surface area contributed by atoms with Crippen LogP contribution in [0.15, 0.2) is 30.5 Å².